The first-order valence-corrected chi connectivity index (χ1v) is 6.36. The van der Waals surface area contributed by atoms with Gasteiger partial charge in [-0.1, -0.05) is 38.1 Å². The van der Waals surface area contributed by atoms with Gasteiger partial charge in [0.05, 0.1) is 5.69 Å². The third kappa shape index (κ3) is 2.71. The summed E-state index contributed by atoms with van der Waals surface area (Å²) in [4.78, 5) is 2.39. The van der Waals surface area contributed by atoms with Gasteiger partial charge in [0.2, 0.25) is 0 Å². The van der Waals surface area contributed by atoms with Crippen molar-refractivity contribution in [3.05, 3.63) is 35.9 Å². The van der Waals surface area contributed by atoms with Gasteiger partial charge in [-0.05, 0) is 18.7 Å². The second kappa shape index (κ2) is 5.69. The molecule has 0 saturated heterocycles. The number of nitrogens with two attached hydrogens (primary N) is 1. The molecule has 96 valence electrons. The van der Waals surface area contributed by atoms with Gasteiger partial charge in [0.1, 0.15) is 5.82 Å². The number of nitrogen functional groups attached to an aromatic ring is 1. The number of aromatic amines is 1. The van der Waals surface area contributed by atoms with Crippen molar-refractivity contribution in [2.24, 2.45) is 0 Å². The smallest absolute Gasteiger partial charge is 0.145 e. The van der Waals surface area contributed by atoms with Gasteiger partial charge < -0.3 is 5.73 Å². The Morgan fingerprint density at radius 2 is 1.94 bits per heavy atom. The van der Waals surface area contributed by atoms with E-state index < -0.39 is 0 Å². The molecule has 0 aliphatic rings. The lowest BCUT2D eigenvalue weighted by molar-refractivity contribution is 0.296. The van der Waals surface area contributed by atoms with Crippen molar-refractivity contribution in [1.29, 1.82) is 0 Å². The SMILES string of the molecule is CCN(CC)Cc1ccccc1-c1cc(N)n[nH]1. The van der Waals surface area contributed by atoms with Gasteiger partial charge >= 0.3 is 0 Å². The highest BCUT2D eigenvalue weighted by molar-refractivity contribution is 5.65. The van der Waals surface area contributed by atoms with Gasteiger partial charge in [0.25, 0.3) is 0 Å². The van der Waals surface area contributed by atoms with E-state index in [1.165, 1.54) is 11.1 Å². The topological polar surface area (TPSA) is 57.9 Å². The second-order valence-electron chi connectivity index (χ2n) is 4.33. The third-order valence-corrected chi connectivity index (χ3v) is 3.19. The molecular weight excluding hydrogens is 224 g/mol. The Hall–Kier alpha value is -1.81. The molecule has 0 bridgehead atoms. The minimum atomic E-state index is 0.530. The van der Waals surface area contributed by atoms with Crippen molar-refractivity contribution in [2.45, 2.75) is 20.4 Å². The second-order valence-corrected chi connectivity index (χ2v) is 4.33. The van der Waals surface area contributed by atoms with Crippen LogP contribution in [0.1, 0.15) is 19.4 Å². The zero-order chi connectivity index (χ0) is 13.0. The molecule has 0 atom stereocenters. The van der Waals surface area contributed by atoms with Crippen molar-refractivity contribution in [1.82, 2.24) is 15.1 Å². The summed E-state index contributed by atoms with van der Waals surface area (Å²) < 4.78 is 0. The molecule has 2 rings (SSSR count). The molecule has 1 heterocycles. The van der Waals surface area contributed by atoms with Crippen molar-refractivity contribution in [2.75, 3.05) is 18.8 Å². The number of nitrogens with one attached hydrogen (secondary N) is 1. The fraction of sp³-hybridized carbons (Fsp3) is 0.357. The number of rotatable bonds is 5. The van der Waals surface area contributed by atoms with E-state index in [-0.39, 0.29) is 0 Å². The van der Waals surface area contributed by atoms with E-state index in [0.29, 0.717) is 5.82 Å². The number of anilines is 1. The Kier molecular flexibility index (Phi) is 3.99. The monoisotopic (exact) mass is 244 g/mol. The van der Waals surface area contributed by atoms with E-state index in [9.17, 15) is 0 Å². The maximum Gasteiger partial charge on any atom is 0.145 e. The average Bonchev–Trinajstić information content (AvgIpc) is 2.83. The molecule has 0 radical (unpaired) electrons. The summed E-state index contributed by atoms with van der Waals surface area (Å²) in [7, 11) is 0. The number of benzene rings is 1. The Balaban J connectivity index is 2.31. The fourth-order valence-electron chi connectivity index (χ4n) is 2.08. The van der Waals surface area contributed by atoms with E-state index in [0.717, 1.165) is 25.3 Å². The number of hydrogen-bond acceptors (Lipinski definition) is 3. The maximum absolute atomic E-state index is 5.67. The van der Waals surface area contributed by atoms with E-state index in [4.69, 9.17) is 5.73 Å². The summed E-state index contributed by atoms with van der Waals surface area (Å²) in [5.74, 6) is 0.530. The Morgan fingerprint density at radius 3 is 2.56 bits per heavy atom. The highest BCUT2D eigenvalue weighted by Gasteiger charge is 2.09. The van der Waals surface area contributed by atoms with Crippen molar-refractivity contribution in [3.8, 4) is 11.3 Å². The Bertz CT molecular complexity index is 500. The number of hydrogen-bond donors (Lipinski definition) is 2. The lowest BCUT2D eigenvalue weighted by Gasteiger charge is -2.19. The van der Waals surface area contributed by atoms with Gasteiger partial charge in [-0.3, -0.25) is 10.00 Å². The molecule has 0 saturated carbocycles. The molecule has 0 amide bonds. The zero-order valence-electron chi connectivity index (χ0n) is 11.0. The van der Waals surface area contributed by atoms with Crippen LogP contribution in [-0.2, 0) is 6.54 Å². The molecule has 1 aromatic heterocycles. The highest BCUT2D eigenvalue weighted by Crippen LogP contribution is 2.24. The average molecular weight is 244 g/mol. The van der Waals surface area contributed by atoms with Gasteiger partial charge in [-0.25, -0.2) is 0 Å². The van der Waals surface area contributed by atoms with E-state index in [1.54, 1.807) is 0 Å². The van der Waals surface area contributed by atoms with Crippen LogP contribution in [0.25, 0.3) is 11.3 Å². The van der Waals surface area contributed by atoms with Crippen LogP contribution in [-0.4, -0.2) is 28.2 Å². The quantitative estimate of drug-likeness (QED) is 0.849. The molecule has 1 aromatic carbocycles. The third-order valence-electron chi connectivity index (χ3n) is 3.19. The maximum atomic E-state index is 5.67. The van der Waals surface area contributed by atoms with E-state index in [1.807, 2.05) is 12.1 Å². The minimum absolute atomic E-state index is 0.530. The highest BCUT2D eigenvalue weighted by atomic mass is 15.2. The Labute approximate surface area is 108 Å². The minimum Gasteiger partial charge on any atom is -0.382 e. The number of nitrogens with zero attached hydrogens (tertiary/aromatic N) is 2. The summed E-state index contributed by atoms with van der Waals surface area (Å²) in [6.45, 7) is 7.41. The first kappa shape index (κ1) is 12.6. The lowest BCUT2D eigenvalue weighted by atomic mass is 10.0. The van der Waals surface area contributed by atoms with Crippen LogP contribution in [0.3, 0.4) is 0 Å². The van der Waals surface area contributed by atoms with Crippen molar-refractivity contribution in [3.63, 3.8) is 0 Å². The van der Waals surface area contributed by atoms with Crippen molar-refractivity contribution >= 4 is 5.82 Å². The largest absolute Gasteiger partial charge is 0.382 e. The molecule has 4 nitrogen and oxygen atoms in total. The summed E-state index contributed by atoms with van der Waals surface area (Å²) in [5, 5.41) is 6.97. The molecule has 2 aromatic rings. The van der Waals surface area contributed by atoms with Gasteiger partial charge in [0.15, 0.2) is 0 Å². The van der Waals surface area contributed by atoms with Crippen LogP contribution in [0.4, 0.5) is 5.82 Å². The molecule has 3 N–H and O–H groups in total. The van der Waals surface area contributed by atoms with Gasteiger partial charge in [-0.2, -0.15) is 5.10 Å². The van der Waals surface area contributed by atoms with Crippen molar-refractivity contribution < 1.29 is 0 Å². The number of aromatic nitrogens is 2. The molecule has 0 spiro atoms. The van der Waals surface area contributed by atoms with Crippen LogP contribution < -0.4 is 5.73 Å². The Morgan fingerprint density at radius 1 is 1.22 bits per heavy atom. The van der Waals surface area contributed by atoms with Crippen LogP contribution in [0.15, 0.2) is 30.3 Å². The molecule has 0 aliphatic heterocycles. The first-order valence-electron chi connectivity index (χ1n) is 6.36. The molecule has 0 aliphatic carbocycles. The summed E-state index contributed by atoms with van der Waals surface area (Å²) >= 11 is 0. The molecule has 0 fully saturated rings. The first-order chi connectivity index (χ1) is 8.74. The zero-order valence-corrected chi connectivity index (χ0v) is 11.0. The van der Waals surface area contributed by atoms with Crippen LogP contribution in [0.5, 0.6) is 0 Å². The van der Waals surface area contributed by atoms with Crippen LogP contribution >= 0.6 is 0 Å². The normalized spacial score (nSPS) is 11.1. The molecule has 4 heteroatoms. The standard InChI is InChI=1S/C14H20N4/c1-3-18(4-2)10-11-7-5-6-8-12(11)13-9-14(15)17-16-13/h5-9H,3-4,10H2,1-2H3,(H3,15,16,17). The lowest BCUT2D eigenvalue weighted by Crippen LogP contribution is -2.22. The fourth-order valence-corrected chi connectivity index (χ4v) is 2.08. The predicted octanol–water partition coefficient (Wildman–Crippen LogP) is 2.50. The molecular formula is C14H20N4. The predicted molar refractivity (Wildman–Crippen MR) is 75.1 cm³/mol. The summed E-state index contributed by atoms with van der Waals surface area (Å²) in [5.41, 5.74) is 9.12. The van der Waals surface area contributed by atoms with E-state index >= 15 is 0 Å². The molecule has 0 unspecified atom stereocenters. The van der Waals surface area contributed by atoms with Gasteiger partial charge in [0, 0.05) is 18.2 Å². The summed E-state index contributed by atoms with van der Waals surface area (Å²) in [6.07, 6.45) is 0. The van der Waals surface area contributed by atoms with Crippen LogP contribution in [0.2, 0.25) is 0 Å². The summed E-state index contributed by atoms with van der Waals surface area (Å²) in [6, 6.07) is 10.2. The van der Waals surface area contributed by atoms with Gasteiger partial charge in [-0.15, -0.1) is 0 Å². The molecule has 18 heavy (non-hydrogen) atoms. The number of H-pyrrole nitrogens is 1. The van der Waals surface area contributed by atoms with E-state index in [2.05, 4.69) is 47.1 Å². The van der Waals surface area contributed by atoms with Crippen LogP contribution in [0, 0.1) is 0 Å².